The maximum absolute atomic E-state index is 13.4. The first-order valence-electron chi connectivity index (χ1n) is 16.6. The molecule has 274 valence electrons. The lowest BCUT2D eigenvalue weighted by molar-refractivity contribution is -1.04. The monoisotopic (exact) mass is 727 g/mol. The molecule has 0 bridgehead atoms. The summed E-state index contributed by atoms with van der Waals surface area (Å²) >= 11 is 0. The van der Waals surface area contributed by atoms with Crippen LogP contribution >= 0.6 is 0 Å². The highest BCUT2D eigenvalue weighted by Gasteiger charge is 2.51. The van der Waals surface area contributed by atoms with Gasteiger partial charge in [0.15, 0.2) is 11.1 Å². The number of esters is 1. The first-order valence-corrected chi connectivity index (χ1v) is 16.6. The summed E-state index contributed by atoms with van der Waals surface area (Å²) in [6.45, 7) is 3.49. The van der Waals surface area contributed by atoms with Crippen LogP contribution < -0.4 is 15.2 Å². The number of nitrogens with one attached hydrogen (secondary N) is 1. The normalized spacial score (nSPS) is 24.2. The molecule has 0 amide bonds. The van der Waals surface area contributed by atoms with E-state index in [1.54, 1.807) is 18.3 Å². The molecule has 1 unspecified atom stereocenters. The number of aryl methyl sites for hydroxylation is 2. The van der Waals surface area contributed by atoms with Crippen molar-refractivity contribution in [3.05, 3.63) is 111 Å². The molecule has 4 heterocycles. The number of aliphatic hydroxyl groups is 3. The van der Waals surface area contributed by atoms with Crippen LogP contribution in [0.15, 0.2) is 98.5 Å². The van der Waals surface area contributed by atoms with E-state index in [0.717, 1.165) is 22.3 Å². The van der Waals surface area contributed by atoms with Gasteiger partial charge >= 0.3 is 11.9 Å². The predicted molar refractivity (Wildman–Crippen MR) is 186 cm³/mol. The number of nitrogens with zero attached hydrogens (tertiary/aromatic N) is 1. The summed E-state index contributed by atoms with van der Waals surface area (Å²) in [6.07, 6.45) is -5.40. The highest BCUT2D eigenvalue weighted by atomic mass is 16.8. The van der Waals surface area contributed by atoms with Crippen molar-refractivity contribution < 1.29 is 63.7 Å². The van der Waals surface area contributed by atoms with E-state index in [-0.39, 0.29) is 33.5 Å². The number of aromatic hydroxyl groups is 1. The number of carboxylic acid groups (broad SMARTS) is 1. The van der Waals surface area contributed by atoms with Crippen LogP contribution in [-0.2, 0) is 23.9 Å². The van der Waals surface area contributed by atoms with Crippen LogP contribution in [0.25, 0.3) is 27.8 Å². The van der Waals surface area contributed by atoms with Crippen molar-refractivity contribution in [2.75, 3.05) is 13.2 Å². The number of quaternary nitrogens is 1. The molecule has 0 aliphatic carbocycles. The van der Waals surface area contributed by atoms with Crippen molar-refractivity contribution in [3.8, 4) is 22.6 Å². The summed E-state index contributed by atoms with van der Waals surface area (Å²) in [6, 6.07) is 16.5. The Morgan fingerprint density at radius 2 is 1.74 bits per heavy atom. The smallest absolute Gasteiger partial charge is 0.346 e. The highest BCUT2D eigenvalue weighted by Crippen LogP contribution is 2.32. The third-order valence-electron chi connectivity index (χ3n) is 9.11. The van der Waals surface area contributed by atoms with E-state index < -0.39 is 55.4 Å². The number of carbonyl (C=O) groups is 2. The van der Waals surface area contributed by atoms with Crippen LogP contribution in [-0.4, -0.2) is 93.6 Å². The van der Waals surface area contributed by atoms with Gasteiger partial charge in [0.1, 0.15) is 60.5 Å². The Kier molecular flexibility index (Phi) is 9.69. The second-order valence-corrected chi connectivity index (χ2v) is 12.9. The average Bonchev–Trinajstić information content (AvgIpc) is 3.71. The van der Waals surface area contributed by atoms with Crippen LogP contribution in [0.1, 0.15) is 16.7 Å². The summed E-state index contributed by atoms with van der Waals surface area (Å²) < 4.78 is 22.9. The molecule has 7 rings (SSSR count). The van der Waals surface area contributed by atoms with Gasteiger partial charge in [-0.1, -0.05) is 29.3 Å². The number of rotatable bonds is 10. The number of fused-ring (bicyclic) bond motifs is 2. The first kappa shape index (κ1) is 35.7. The number of phenolic OH excluding ortho intramolecular Hbond substituents is 1. The van der Waals surface area contributed by atoms with Crippen molar-refractivity contribution in [1.82, 2.24) is 0 Å². The van der Waals surface area contributed by atoms with Crippen molar-refractivity contribution in [3.63, 3.8) is 0 Å². The number of allylic oxidation sites excluding steroid dienone is 1. The topological polar surface area (TPSA) is 219 Å². The van der Waals surface area contributed by atoms with Gasteiger partial charge < -0.3 is 44.2 Å². The molecule has 1 fully saturated rings. The second kappa shape index (κ2) is 14.4. The third kappa shape index (κ3) is 7.09. The zero-order valence-electron chi connectivity index (χ0n) is 28.3. The Balaban J connectivity index is 1.20. The Morgan fingerprint density at radius 1 is 1.00 bits per heavy atom. The molecule has 15 heteroatoms. The minimum atomic E-state index is -2.47. The molecule has 3 aromatic carbocycles. The largest absolute Gasteiger partial charge is 0.508 e. The van der Waals surface area contributed by atoms with Crippen molar-refractivity contribution >= 4 is 34.8 Å². The molecule has 53 heavy (non-hydrogen) atoms. The molecule has 3 aliphatic rings. The number of carboxylic acids is 1. The molecular weight excluding hydrogens is 692 g/mol. The van der Waals surface area contributed by atoms with Gasteiger partial charge in [0.05, 0.1) is 10.9 Å². The van der Waals surface area contributed by atoms with Crippen LogP contribution in [0.3, 0.4) is 0 Å². The number of aliphatic hydroxyl groups excluding tert-OH is 3. The Labute approximate surface area is 300 Å². The van der Waals surface area contributed by atoms with E-state index in [1.165, 1.54) is 36.6 Å². The molecule has 7 atom stereocenters. The number of aliphatic imine (C=N–C) groups is 1. The quantitative estimate of drug-likeness (QED) is 0.100. The lowest BCUT2D eigenvalue weighted by atomic mass is 9.99. The van der Waals surface area contributed by atoms with Crippen molar-refractivity contribution in [2.45, 2.75) is 50.7 Å². The zero-order chi connectivity index (χ0) is 37.6. The number of aliphatic carboxylic acids is 1. The third-order valence-corrected chi connectivity index (χ3v) is 9.11. The zero-order valence-corrected chi connectivity index (χ0v) is 28.3. The molecule has 4 aromatic rings. The minimum Gasteiger partial charge on any atom is -0.508 e. The first-order chi connectivity index (χ1) is 25.4. The maximum Gasteiger partial charge on any atom is 0.346 e. The number of hydrogen-bond donors (Lipinski definition) is 6. The summed E-state index contributed by atoms with van der Waals surface area (Å²) in [5.74, 6) is -3.17. The lowest BCUT2D eigenvalue weighted by Gasteiger charge is -2.41. The minimum absolute atomic E-state index is 0.0433. The van der Waals surface area contributed by atoms with Crippen molar-refractivity contribution in [1.29, 1.82) is 0 Å². The fourth-order valence-electron chi connectivity index (χ4n) is 6.57. The number of phenols is 1. The van der Waals surface area contributed by atoms with Crippen LogP contribution in [0, 0.1) is 13.8 Å². The Morgan fingerprint density at radius 3 is 2.45 bits per heavy atom. The van der Waals surface area contributed by atoms with E-state index in [0.29, 0.717) is 28.6 Å². The average molecular weight is 728 g/mol. The van der Waals surface area contributed by atoms with E-state index in [4.69, 9.17) is 28.6 Å². The molecule has 0 spiro atoms. The van der Waals surface area contributed by atoms with Crippen LogP contribution in [0.4, 0.5) is 0 Å². The molecule has 1 aromatic heterocycles. The number of ether oxygens (including phenoxy) is 3. The second-order valence-electron chi connectivity index (χ2n) is 12.9. The fraction of sp³-hybridized carbons (Fsp3) is 0.263. The Bertz CT molecular complexity index is 2220. The lowest BCUT2D eigenvalue weighted by Crippen LogP contribution is -3.08. The van der Waals surface area contributed by atoms with Gasteiger partial charge in [0.2, 0.25) is 18.5 Å². The molecule has 15 nitrogen and oxygen atoms in total. The van der Waals surface area contributed by atoms with Gasteiger partial charge in [-0.05, 0) is 61.9 Å². The van der Waals surface area contributed by atoms with Gasteiger partial charge in [-0.3, -0.25) is 4.79 Å². The standard InChI is InChI=1S/C38H34N2O13/c1-18-11-19(2)13-22(12-18)30-29-21(9-10-39-29)15-40(30)53-35-33(44)32(43)28(17-50-37(48)34(45)36(46)47)52-38(35)51-24-7-8-25-27(14-24)49-16-26(31(25)42)20-3-5-23(41)6-4-20/h3-14,16,28,32-35,38,41,43-45H,15,17H2,1-2H3,(H,46,47)/p+1/t28-,32-,33+,34+,35-,38-/m0/s1. The number of hydrogen-bond acceptors (Lipinski definition) is 13. The number of hydroxylamine groups is 2. The molecule has 6 N–H and O–H groups in total. The summed E-state index contributed by atoms with van der Waals surface area (Å²) in [7, 11) is 0. The maximum atomic E-state index is 13.4. The molecule has 0 radical (unpaired) electrons. The summed E-state index contributed by atoms with van der Waals surface area (Å²) in [5.41, 5.74) is 5.74. The predicted octanol–water partition coefficient (Wildman–Crippen LogP) is 1.17. The van der Waals surface area contributed by atoms with Gasteiger partial charge in [-0.2, -0.15) is 9.90 Å². The van der Waals surface area contributed by atoms with Gasteiger partial charge in [0.25, 0.3) is 0 Å². The summed E-state index contributed by atoms with van der Waals surface area (Å²) in [4.78, 5) is 47.6. The highest BCUT2D eigenvalue weighted by molar-refractivity contribution is 5.96. The van der Waals surface area contributed by atoms with Gasteiger partial charge in [-0.25, -0.2) is 14.6 Å². The number of carbonyl (C=O) groups excluding carboxylic acids is 1. The van der Waals surface area contributed by atoms with Crippen LogP contribution in [0.2, 0.25) is 0 Å². The molecule has 1 saturated heterocycles. The summed E-state index contributed by atoms with van der Waals surface area (Å²) in [5, 5.41) is 51.5. The molecule has 3 aliphatic heterocycles. The molecular formula is C38H35N2O13+. The van der Waals surface area contributed by atoms with Gasteiger partial charge in [0, 0.05) is 23.4 Å². The number of benzene rings is 3. The Hall–Kier alpha value is -5.68. The van der Waals surface area contributed by atoms with E-state index in [9.17, 15) is 34.8 Å². The van der Waals surface area contributed by atoms with Crippen molar-refractivity contribution in [2.24, 2.45) is 4.99 Å². The van der Waals surface area contributed by atoms with E-state index in [1.807, 2.05) is 38.1 Å². The van der Waals surface area contributed by atoms with E-state index in [2.05, 4.69) is 4.99 Å². The van der Waals surface area contributed by atoms with E-state index >= 15 is 0 Å². The molecule has 0 saturated carbocycles. The van der Waals surface area contributed by atoms with Crippen LogP contribution in [0.5, 0.6) is 11.5 Å². The van der Waals surface area contributed by atoms with Gasteiger partial charge in [-0.15, -0.1) is 0 Å². The SMILES string of the molecule is Cc1cc(C)cc(C2=C3N=CC=C3C[NH+]2O[C@@H]2[C@@H](Oc3ccc4c(=O)c(-c5ccc(O)cc5)coc4c3)O[C@@H](COC(=O)[C@H](O)C(=O)O)[C@H](O)[C@H]2O)c1. The fourth-order valence-corrected chi connectivity index (χ4v) is 6.57.